The van der Waals surface area contributed by atoms with Crippen LogP contribution in [0.2, 0.25) is 0 Å². The third-order valence-corrected chi connectivity index (χ3v) is 9.05. The van der Waals surface area contributed by atoms with Gasteiger partial charge in [-0.2, -0.15) is 0 Å². The number of rotatable bonds is 5. The predicted octanol–water partition coefficient (Wildman–Crippen LogP) is 5.45. The molecule has 4 aliphatic carbocycles. The van der Waals surface area contributed by atoms with E-state index < -0.39 is 0 Å². The minimum Gasteiger partial charge on any atom is -0.497 e. The molecule has 5 aliphatic rings. The van der Waals surface area contributed by atoms with Crippen LogP contribution >= 0.6 is 0 Å². The van der Waals surface area contributed by atoms with Crippen LogP contribution < -0.4 is 10.1 Å². The van der Waals surface area contributed by atoms with Crippen LogP contribution in [0.4, 0.5) is 9.18 Å². The van der Waals surface area contributed by atoms with Crippen molar-refractivity contribution in [2.24, 2.45) is 17.8 Å². The summed E-state index contributed by atoms with van der Waals surface area (Å²) in [6.45, 7) is 0.682. The summed E-state index contributed by atoms with van der Waals surface area (Å²) in [4.78, 5) is 30.8. The molecule has 2 aromatic rings. The monoisotopic (exact) mass is 517 g/mol. The Labute approximate surface area is 223 Å². The zero-order valence-electron chi connectivity index (χ0n) is 21.9. The number of benzene rings is 2. The van der Waals surface area contributed by atoms with Gasteiger partial charge in [0.1, 0.15) is 18.1 Å². The highest BCUT2D eigenvalue weighted by molar-refractivity contribution is 5.85. The molecule has 4 fully saturated rings. The first-order valence-electron chi connectivity index (χ1n) is 13.8. The molecule has 0 aromatic heterocycles. The third-order valence-electron chi connectivity index (χ3n) is 9.05. The van der Waals surface area contributed by atoms with E-state index >= 15 is 0 Å². The lowest BCUT2D eigenvalue weighted by atomic mass is 9.53. The van der Waals surface area contributed by atoms with E-state index in [1.165, 1.54) is 31.4 Å². The molecule has 1 aliphatic heterocycles. The van der Waals surface area contributed by atoms with Crippen LogP contribution in [0.5, 0.6) is 5.75 Å². The molecule has 1 atom stereocenters. The summed E-state index contributed by atoms with van der Waals surface area (Å²) < 4.78 is 18.9. The topological polar surface area (TPSA) is 61.9 Å². The first kappa shape index (κ1) is 25.0. The van der Waals surface area contributed by atoms with Crippen LogP contribution in [0.15, 0.2) is 60.7 Å². The standard InChI is InChI=1S/C31H36FN3O3/c1-38-27-10-6-25(7-11-27)28-3-2-12-34(20-29(36)35(28)19-21-4-8-26(32)9-5-21)30(37)33-31-16-22-13-23(17-31)15-24(14-22)18-31/h2-11,22-24,28H,12-20H2,1H3,(H,33,37)/b3-2-/t22?,23?,24?,28-,31?/m1/s1. The van der Waals surface area contributed by atoms with Gasteiger partial charge in [-0.05, 0) is 91.7 Å². The van der Waals surface area contributed by atoms with Crippen molar-refractivity contribution in [1.29, 1.82) is 0 Å². The van der Waals surface area contributed by atoms with E-state index in [-0.39, 0.29) is 35.9 Å². The first-order valence-corrected chi connectivity index (χ1v) is 13.8. The fraction of sp³-hybridized carbons (Fsp3) is 0.484. The molecule has 2 aromatic carbocycles. The molecule has 3 amide bonds. The largest absolute Gasteiger partial charge is 0.497 e. The molecule has 4 bridgehead atoms. The molecule has 1 N–H and O–H groups in total. The second-order valence-corrected chi connectivity index (χ2v) is 11.8. The van der Waals surface area contributed by atoms with Gasteiger partial charge in [-0.1, -0.05) is 36.4 Å². The molecule has 0 spiro atoms. The van der Waals surface area contributed by atoms with Crippen molar-refractivity contribution < 1.29 is 18.7 Å². The Morgan fingerprint density at radius 2 is 1.63 bits per heavy atom. The van der Waals surface area contributed by atoms with Gasteiger partial charge in [-0.15, -0.1) is 0 Å². The molecule has 6 nitrogen and oxygen atoms in total. The predicted molar refractivity (Wildman–Crippen MR) is 143 cm³/mol. The molecule has 0 radical (unpaired) electrons. The Kier molecular flexibility index (Phi) is 6.62. The SMILES string of the molecule is COc1ccc([C@H]2/C=C\CN(C(=O)NC34CC5CC(CC(C5)C3)C4)CC(=O)N2Cc2ccc(F)cc2)cc1. The Hall–Kier alpha value is -3.35. The Balaban J connectivity index is 1.24. The molecule has 4 saturated carbocycles. The van der Waals surface area contributed by atoms with Crippen molar-refractivity contribution >= 4 is 11.9 Å². The number of urea groups is 1. The lowest BCUT2D eigenvalue weighted by Gasteiger charge is -2.57. The molecule has 0 unspecified atom stereocenters. The van der Waals surface area contributed by atoms with Crippen LogP contribution in [-0.2, 0) is 11.3 Å². The number of hydrogen-bond donors (Lipinski definition) is 1. The van der Waals surface area contributed by atoms with Crippen LogP contribution in [-0.4, -0.2) is 47.5 Å². The van der Waals surface area contributed by atoms with Gasteiger partial charge in [0.15, 0.2) is 0 Å². The van der Waals surface area contributed by atoms with Gasteiger partial charge in [-0.3, -0.25) is 4.79 Å². The molecule has 38 heavy (non-hydrogen) atoms. The average molecular weight is 518 g/mol. The zero-order valence-corrected chi connectivity index (χ0v) is 21.9. The molecule has 7 heteroatoms. The normalized spacial score (nSPS) is 31.1. The highest BCUT2D eigenvalue weighted by Crippen LogP contribution is 2.55. The lowest BCUT2D eigenvalue weighted by molar-refractivity contribution is -0.134. The maximum atomic E-state index is 13.8. The Morgan fingerprint density at radius 1 is 1.00 bits per heavy atom. The molecule has 7 rings (SSSR count). The smallest absolute Gasteiger partial charge is 0.318 e. The third kappa shape index (κ3) is 5.03. The summed E-state index contributed by atoms with van der Waals surface area (Å²) in [5.74, 6) is 2.48. The van der Waals surface area contributed by atoms with Crippen molar-refractivity contribution in [3.05, 3.63) is 77.6 Å². The van der Waals surface area contributed by atoms with Gasteiger partial charge >= 0.3 is 6.03 Å². The van der Waals surface area contributed by atoms with E-state index in [1.54, 1.807) is 29.0 Å². The fourth-order valence-electron chi connectivity index (χ4n) is 7.68. The maximum absolute atomic E-state index is 13.8. The summed E-state index contributed by atoms with van der Waals surface area (Å²) in [6.07, 6.45) is 11.1. The number of nitrogens with zero attached hydrogens (tertiary/aromatic N) is 2. The molecular weight excluding hydrogens is 481 g/mol. The van der Waals surface area contributed by atoms with Gasteiger partial charge in [0.2, 0.25) is 5.91 Å². The minimum atomic E-state index is -0.313. The van der Waals surface area contributed by atoms with Gasteiger partial charge in [0.05, 0.1) is 13.2 Å². The van der Waals surface area contributed by atoms with Crippen molar-refractivity contribution in [3.63, 3.8) is 0 Å². The molecule has 1 heterocycles. The van der Waals surface area contributed by atoms with Crippen molar-refractivity contribution in [2.45, 2.75) is 56.7 Å². The highest BCUT2D eigenvalue weighted by atomic mass is 19.1. The summed E-state index contributed by atoms with van der Waals surface area (Å²) in [7, 11) is 1.62. The summed E-state index contributed by atoms with van der Waals surface area (Å²) in [5.41, 5.74) is 1.67. The molecule has 200 valence electrons. The van der Waals surface area contributed by atoms with E-state index in [4.69, 9.17) is 4.74 Å². The lowest BCUT2D eigenvalue weighted by Crippen LogP contribution is -2.62. The summed E-state index contributed by atoms with van der Waals surface area (Å²) >= 11 is 0. The Morgan fingerprint density at radius 3 is 2.24 bits per heavy atom. The fourth-order valence-corrected chi connectivity index (χ4v) is 7.68. The molecular formula is C31H36FN3O3. The van der Waals surface area contributed by atoms with Crippen LogP contribution in [0, 0.1) is 23.6 Å². The second-order valence-electron chi connectivity index (χ2n) is 11.8. The second kappa shape index (κ2) is 10.1. The van der Waals surface area contributed by atoms with E-state index in [0.29, 0.717) is 13.1 Å². The number of hydrogen-bond acceptors (Lipinski definition) is 3. The number of nitrogens with one attached hydrogen (secondary N) is 1. The quantitative estimate of drug-likeness (QED) is 0.536. The summed E-state index contributed by atoms with van der Waals surface area (Å²) in [6, 6.07) is 13.4. The van der Waals surface area contributed by atoms with Gasteiger partial charge in [0, 0.05) is 18.6 Å². The average Bonchev–Trinajstić information content (AvgIpc) is 2.88. The minimum absolute atomic E-state index is 0.00358. The van der Waals surface area contributed by atoms with Gasteiger partial charge < -0.3 is 19.9 Å². The number of halogens is 1. The number of amides is 3. The zero-order chi connectivity index (χ0) is 26.3. The van der Waals surface area contributed by atoms with E-state index in [2.05, 4.69) is 5.32 Å². The van der Waals surface area contributed by atoms with E-state index in [1.807, 2.05) is 36.4 Å². The van der Waals surface area contributed by atoms with Crippen molar-refractivity contribution in [1.82, 2.24) is 15.1 Å². The Bertz CT molecular complexity index is 1170. The molecule has 0 saturated heterocycles. The van der Waals surface area contributed by atoms with Crippen LogP contribution in [0.25, 0.3) is 0 Å². The number of ether oxygens (including phenoxy) is 1. The van der Waals surface area contributed by atoms with E-state index in [0.717, 1.165) is 53.9 Å². The maximum Gasteiger partial charge on any atom is 0.318 e. The van der Waals surface area contributed by atoms with Crippen molar-refractivity contribution in [3.8, 4) is 5.75 Å². The first-order chi connectivity index (χ1) is 18.4. The number of carbonyl (C=O) groups is 2. The van der Waals surface area contributed by atoms with E-state index in [9.17, 15) is 14.0 Å². The highest BCUT2D eigenvalue weighted by Gasteiger charge is 2.52. The number of methoxy groups -OCH3 is 1. The van der Waals surface area contributed by atoms with Crippen LogP contribution in [0.1, 0.15) is 55.7 Å². The van der Waals surface area contributed by atoms with Crippen LogP contribution in [0.3, 0.4) is 0 Å². The van der Waals surface area contributed by atoms with Gasteiger partial charge in [-0.25, -0.2) is 9.18 Å². The summed E-state index contributed by atoms with van der Waals surface area (Å²) in [5, 5.41) is 3.42. The number of carbonyl (C=O) groups excluding carboxylic acids is 2. The van der Waals surface area contributed by atoms with Crippen molar-refractivity contribution in [2.75, 3.05) is 20.2 Å². The van der Waals surface area contributed by atoms with Gasteiger partial charge in [0.25, 0.3) is 0 Å².